The summed E-state index contributed by atoms with van der Waals surface area (Å²) in [4.78, 5) is 25.8. The van der Waals surface area contributed by atoms with E-state index in [0.29, 0.717) is 29.4 Å². The van der Waals surface area contributed by atoms with Crippen LogP contribution in [0.25, 0.3) is 0 Å². The fraction of sp³-hybridized carbons (Fsp3) is 0.353. The van der Waals surface area contributed by atoms with E-state index in [4.69, 9.17) is 20.9 Å². The van der Waals surface area contributed by atoms with Crippen LogP contribution in [0.1, 0.15) is 23.9 Å². The van der Waals surface area contributed by atoms with E-state index < -0.39 is 6.10 Å². The molecule has 0 bridgehead atoms. The summed E-state index contributed by atoms with van der Waals surface area (Å²) in [7, 11) is 0. The standard InChI is InChI=1S/C17H18ClN3O4/c1-9-13(10(2)25-20-9)8-21-14-6-12(19-16(22)7-18)4-5-15(14)24-11(3)17(21)23/h4-6,11H,7-8H2,1-3H3,(H,19,22). The van der Waals surface area contributed by atoms with Crippen molar-refractivity contribution in [3.63, 3.8) is 0 Å². The fourth-order valence-electron chi connectivity index (χ4n) is 2.73. The van der Waals surface area contributed by atoms with Crippen LogP contribution in [-0.4, -0.2) is 29.0 Å². The molecule has 25 heavy (non-hydrogen) atoms. The third-order valence-corrected chi connectivity index (χ3v) is 4.31. The number of carbonyl (C=O) groups is 2. The van der Waals surface area contributed by atoms with E-state index in [1.165, 1.54) is 0 Å². The van der Waals surface area contributed by atoms with Crippen molar-refractivity contribution in [1.29, 1.82) is 0 Å². The summed E-state index contributed by atoms with van der Waals surface area (Å²) in [5.41, 5.74) is 2.70. The van der Waals surface area contributed by atoms with Crippen LogP contribution in [0.4, 0.5) is 11.4 Å². The van der Waals surface area contributed by atoms with Gasteiger partial charge in [-0.15, -0.1) is 11.6 Å². The number of fused-ring (bicyclic) bond motifs is 1. The topological polar surface area (TPSA) is 84.7 Å². The average Bonchev–Trinajstić information content (AvgIpc) is 2.90. The van der Waals surface area contributed by atoms with Gasteiger partial charge in [0.15, 0.2) is 6.10 Å². The average molecular weight is 364 g/mol. The molecule has 2 amide bonds. The maximum Gasteiger partial charge on any atom is 0.268 e. The van der Waals surface area contributed by atoms with Gasteiger partial charge in [-0.3, -0.25) is 9.59 Å². The minimum absolute atomic E-state index is 0.146. The number of halogens is 1. The Morgan fingerprint density at radius 3 is 2.80 bits per heavy atom. The second-order valence-corrected chi connectivity index (χ2v) is 6.12. The molecule has 1 N–H and O–H groups in total. The van der Waals surface area contributed by atoms with Crippen molar-refractivity contribution in [3.8, 4) is 5.75 Å². The third kappa shape index (κ3) is 3.32. The Labute approximate surface area is 149 Å². The van der Waals surface area contributed by atoms with Gasteiger partial charge in [-0.25, -0.2) is 0 Å². The lowest BCUT2D eigenvalue weighted by atomic mass is 10.1. The molecular formula is C17H18ClN3O4. The zero-order valence-corrected chi connectivity index (χ0v) is 14.9. The van der Waals surface area contributed by atoms with Crippen molar-refractivity contribution in [3.05, 3.63) is 35.2 Å². The molecule has 0 spiro atoms. The first-order valence-corrected chi connectivity index (χ1v) is 8.33. The maximum absolute atomic E-state index is 12.7. The number of anilines is 2. The van der Waals surface area contributed by atoms with Gasteiger partial charge in [0.2, 0.25) is 5.91 Å². The molecule has 0 radical (unpaired) electrons. The summed E-state index contributed by atoms with van der Waals surface area (Å²) in [6.07, 6.45) is -0.601. The maximum atomic E-state index is 12.7. The van der Waals surface area contributed by atoms with E-state index in [-0.39, 0.29) is 17.7 Å². The monoisotopic (exact) mass is 363 g/mol. The lowest BCUT2D eigenvalue weighted by Gasteiger charge is -2.33. The highest BCUT2D eigenvalue weighted by Gasteiger charge is 2.33. The van der Waals surface area contributed by atoms with E-state index in [1.807, 2.05) is 13.8 Å². The van der Waals surface area contributed by atoms with Crippen LogP contribution in [-0.2, 0) is 16.1 Å². The molecule has 1 aromatic heterocycles. The van der Waals surface area contributed by atoms with Crippen LogP contribution in [0.5, 0.6) is 5.75 Å². The molecule has 8 heteroatoms. The molecule has 7 nitrogen and oxygen atoms in total. The smallest absolute Gasteiger partial charge is 0.268 e. The van der Waals surface area contributed by atoms with Crippen molar-refractivity contribution in [2.45, 2.75) is 33.4 Å². The minimum Gasteiger partial charge on any atom is -0.479 e. The first kappa shape index (κ1) is 17.3. The first-order valence-electron chi connectivity index (χ1n) is 7.80. The van der Waals surface area contributed by atoms with Crippen LogP contribution in [0.3, 0.4) is 0 Å². The molecule has 2 aromatic rings. The van der Waals surface area contributed by atoms with Crippen molar-refractivity contribution in [1.82, 2.24) is 5.16 Å². The molecule has 1 atom stereocenters. The predicted octanol–water partition coefficient (Wildman–Crippen LogP) is 2.78. The highest BCUT2D eigenvalue weighted by Crippen LogP contribution is 2.37. The van der Waals surface area contributed by atoms with Crippen LogP contribution in [0, 0.1) is 13.8 Å². The van der Waals surface area contributed by atoms with Crippen molar-refractivity contribution < 1.29 is 18.8 Å². The molecule has 0 aliphatic carbocycles. The summed E-state index contributed by atoms with van der Waals surface area (Å²) in [5.74, 6) is 0.593. The Balaban J connectivity index is 1.99. The van der Waals surface area contributed by atoms with Crippen LogP contribution in [0.2, 0.25) is 0 Å². The summed E-state index contributed by atoms with van der Waals surface area (Å²) in [5, 5.41) is 6.61. The molecule has 0 saturated carbocycles. The van der Waals surface area contributed by atoms with E-state index >= 15 is 0 Å². The lowest BCUT2D eigenvalue weighted by Crippen LogP contribution is -2.44. The Bertz CT molecular complexity index is 814. The third-order valence-electron chi connectivity index (χ3n) is 4.07. The van der Waals surface area contributed by atoms with Gasteiger partial charge in [0, 0.05) is 11.3 Å². The van der Waals surface area contributed by atoms with Crippen molar-refractivity contribution >= 4 is 34.8 Å². The highest BCUT2D eigenvalue weighted by molar-refractivity contribution is 6.29. The van der Waals surface area contributed by atoms with Crippen LogP contribution in [0.15, 0.2) is 22.7 Å². The number of nitrogens with one attached hydrogen (secondary N) is 1. The van der Waals surface area contributed by atoms with Gasteiger partial charge in [0.05, 0.1) is 17.9 Å². The molecule has 132 valence electrons. The number of benzene rings is 1. The van der Waals surface area contributed by atoms with E-state index in [2.05, 4.69) is 10.5 Å². The highest BCUT2D eigenvalue weighted by atomic mass is 35.5. The summed E-state index contributed by atoms with van der Waals surface area (Å²) in [6, 6.07) is 5.13. The zero-order chi connectivity index (χ0) is 18.1. The Hall–Kier alpha value is -2.54. The number of aromatic nitrogens is 1. The van der Waals surface area contributed by atoms with Crippen LogP contribution < -0.4 is 15.0 Å². The number of carbonyl (C=O) groups excluding carboxylic acids is 2. The predicted molar refractivity (Wildman–Crippen MR) is 93.0 cm³/mol. The van der Waals surface area contributed by atoms with E-state index in [9.17, 15) is 9.59 Å². The Morgan fingerprint density at radius 2 is 2.16 bits per heavy atom. The van der Waals surface area contributed by atoms with E-state index in [0.717, 1.165) is 11.3 Å². The van der Waals surface area contributed by atoms with Gasteiger partial charge in [-0.1, -0.05) is 5.16 Å². The minimum atomic E-state index is -0.601. The molecular weight excluding hydrogens is 346 g/mol. The zero-order valence-electron chi connectivity index (χ0n) is 14.1. The molecule has 1 aromatic carbocycles. The molecule has 1 unspecified atom stereocenters. The van der Waals surface area contributed by atoms with Crippen molar-refractivity contribution in [2.24, 2.45) is 0 Å². The lowest BCUT2D eigenvalue weighted by molar-refractivity contribution is -0.125. The van der Waals surface area contributed by atoms with Gasteiger partial charge in [0.25, 0.3) is 5.91 Å². The summed E-state index contributed by atoms with van der Waals surface area (Å²) in [6.45, 7) is 5.66. The quantitative estimate of drug-likeness (QED) is 0.844. The van der Waals surface area contributed by atoms with Crippen LogP contribution >= 0.6 is 11.6 Å². The molecule has 1 aliphatic rings. The molecule has 0 saturated heterocycles. The number of ether oxygens (including phenoxy) is 1. The number of alkyl halides is 1. The van der Waals surface area contributed by atoms with Gasteiger partial charge in [-0.05, 0) is 39.0 Å². The Kier molecular flexibility index (Phi) is 4.67. The normalized spacial score (nSPS) is 16.4. The van der Waals surface area contributed by atoms with Crippen molar-refractivity contribution in [2.75, 3.05) is 16.1 Å². The number of amides is 2. The fourth-order valence-corrected chi connectivity index (χ4v) is 2.79. The Morgan fingerprint density at radius 1 is 1.40 bits per heavy atom. The van der Waals surface area contributed by atoms with E-state index in [1.54, 1.807) is 30.0 Å². The summed E-state index contributed by atoms with van der Waals surface area (Å²) >= 11 is 5.53. The van der Waals surface area contributed by atoms with Gasteiger partial charge < -0.3 is 19.5 Å². The van der Waals surface area contributed by atoms with Gasteiger partial charge >= 0.3 is 0 Å². The largest absolute Gasteiger partial charge is 0.479 e. The second-order valence-electron chi connectivity index (χ2n) is 5.85. The number of nitrogens with zero attached hydrogens (tertiary/aromatic N) is 2. The number of hydrogen-bond donors (Lipinski definition) is 1. The number of aryl methyl sites for hydroxylation is 2. The number of rotatable bonds is 4. The van der Waals surface area contributed by atoms with Gasteiger partial charge in [0.1, 0.15) is 17.4 Å². The molecule has 0 fully saturated rings. The summed E-state index contributed by atoms with van der Waals surface area (Å²) < 4.78 is 10.9. The second kappa shape index (κ2) is 6.76. The molecule has 1 aliphatic heterocycles. The first-order chi connectivity index (χ1) is 11.9. The molecule has 3 rings (SSSR count). The molecule has 2 heterocycles. The SMILES string of the molecule is Cc1noc(C)c1CN1C(=O)C(C)Oc2ccc(NC(=O)CCl)cc21. The number of hydrogen-bond acceptors (Lipinski definition) is 5. The van der Waals surface area contributed by atoms with Gasteiger partial charge in [-0.2, -0.15) is 0 Å².